The van der Waals surface area contributed by atoms with Crippen LogP contribution < -0.4 is 11.1 Å². The second kappa shape index (κ2) is 5.38. The Hall–Kier alpha value is -0.410. The van der Waals surface area contributed by atoms with E-state index in [1.54, 1.807) is 0 Å². The Morgan fingerprint density at radius 3 is 2.60 bits per heavy atom. The molecule has 0 aromatic rings. The summed E-state index contributed by atoms with van der Waals surface area (Å²) in [6.07, 6.45) is 2.42. The van der Waals surface area contributed by atoms with Crippen molar-refractivity contribution in [2.75, 3.05) is 0 Å². The summed E-state index contributed by atoms with van der Waals surface area (Å²) in [5, 5.41) is 3.10. The van der Waals surface area contributed by atoms with Crippen LogP contribution in [0.2, 0.25) is 0 Å². The largest absolute Gasteiger partial charge is 0.316 e. The minimum absolute atomic E-state index is 0.0154. The highest BCUT2D eigenvalue weighted by atomic mass is 16.1. The van der Waals surface area contributed by atoms with Gasteiger partial charge in [-0.25, -0.2) is 0 Å². The normalized spacial score (nSPS) is 16.3. The molecule has 3 heteroatoms. The molecular weight excluding hydrogens is 128 g/mol. The van der Waals surface area contributed by atoms with Gasteiger partial charge in [-0.2, -0.15) is 0 Å². The Bertz CT molecular complexity index is 93.6. The molecule has 3 nitrogen and oxygen atoms in total. The predicted molar refractivity (Wildman–Crippen MR) is 41.5 cm³/mol. The summed E-state index contributed by atoms with van der Waals surface area (Å²) in [7, 11) is 0. The summed E-state index contributed by atoms with van der Waals surface area (Å²) < 4.78 is 0. The van der Waals surface area contributed by atoms with E-state index >= 15 is 0 Å². The Balaban J connectivity index is 3.24. The second-order valence-electron chi connectivity index (χ2n) is 2.60. The molecule has 60 valence electrons. The topological polar surface area (TPSA) is 55.1 Å². The Morgan fingerprint density at radius 1 is 1.60 bits per heavy atom. The first-order valence-corrected chi connectivity index (χ1v) is 3.62. The first-order valence-electron chi connectivity index (χ1n) is 3.62. The van der Waals surface area contributed by atoms with Crippen LogP contribution in [-0.2, 0) is 4.79 Å². The molecule has 2 atom stereocenters. The molecule has 0 aliphatic rings. The zero-order chi connectivity index (χ0) is 7.98. The molecule has 0 rings (SSSR count). The van der Waals surface area contributed by atoms with Crippen LogP contribution in [0, 0.1) is 0 Å². The number of carbonyl (C=O) groups is 1. The van der Waals surface area contributed by atoms with E-state index in [1.165, 1.54) is 0 Å². The van der Waals surface area contributed by atoms with E-state index in [0.717, 1.165) is 12.7 Å². The van der Waals surface area contributed by atoms with Gasteiger partial charge in [-0.05, 0) is 20.3 Å². The number of nitrogens with one attached hydrogen (secondary N) is 1. The molecular formula is C7H16N2O. The van der Waals surface area contributed by atoms with Crippen molar-refractivity contribution >= 4 is 6.29 Å². The fraction of sp³-hybridized carbons (Fsp3) is 0.857. The summed E-state index contributed by atoms with van der Waals surface area (Å²) >= 11 is 0. The lowest BCUT2D eigenvalue weighted by Gasteiger charge is -2.14. The SMILES string of the molecule is CC(N)NC(C)CCC=O. The lowest BCUT2D eigenvalue weighted by Crippen LogP contribution is -2.40. The van der Waals surface area contributed by atoms with Gasteiger partial charge in [0.05, 0.1) is 6.17 Å². The molecule has 0 aromatic carbocycles. The van der Waals surface area contributed by atoms with E-state index in [-0.39, 0.29) is 6.17 Å². The van der Waals surface area contributed by atoms with E-state index in [4.69, 9.17) is 5.73 Å². The van der Waals surface area contributed by atoms with Crippen LogP contribution in [0.4, 0.5) is 0 Å². The average molecular weight is 144 g/mol. The fourth-order valence-electron chi connectivity index (χ4n) is 0.850. The molecule has 0 aliphatic carbocycles. The summed E-state index contributed by atoms with van der Waals surface area (Å²) in [6, 6.07) is 0.338. The van der Waals surface area contributed by atoms with Gasteiger partial charge in [-0.15, -0.1) is 0 Å². The molecule has 0 saturated heterocycles. The molecule has 0 bridgehead atoms. The maximum Gasteiger partial charge on any atom is 0.120 e. The summed E-state index contributed by atoms with van der Waals surface area (Å²) in [6.45, 7) is 3.91. The minimum Gasteiger partial charge on any atom is -0.316 e. The molecule has 2 unspecified atom stereocenters. The molecule has 0 aromatic heterocycles. The predicted octanol–water partition coefficient (Wildman–Crippen LogP) is 0.248. The van der Waals surface area contributed by atoms with E-state index in [1.807, 2.05) is 13.8 Å². The Morgan fingerprint density at radius 2 is 2.20 bits per heavy atom. The van der Waals surface area contributed by atoms with Crippen LogP contribution in [0.1, 0.15) is 26.7 Å². The van der Waals surface area contributed by atoms with Gasteiger partial charge in [-0.1, -0.05) is 0 Å². The number of aldehydes is 1. The molecule has 0 radical (unpaired) electrons. The van der Waals surface area contributed by atoms with Crippen LogP contribution >= 0.6 is 0 Å². The van der Waals surface area contributed by atoms with Crippen molar-refractivity contribution in [3.05, 3.63) is 0 Å². The third kappa shape index (κ3) is 5.72. The average Bonchev–Trinajstić information content (AvgIpc) is 1.82. The number of hydrogen-bond acceptors (Lipinski definition) is 3. The van der Waals surface area contributed by atoms with Gasteiger partial charge in [0, 0.05) is 12.5 Å². The zero-order valence-electron chi connectivity index (χ0n) is 6.63. The smallest absolute Gasteiger partial charge is 0.120 e. The van der Waals surface area contributed by atoms with Crippen LogP contribution in [0.15, 0.2) is 0 Å². The summed E-state index contributed by atoms with van der Waals surface area (Å²) in [4.78, 5) is 9.94. The van der Waals surface area contributed by atoms with E-state index in [0.29, 0.717) is 12.5 Å². The maximum atomic E-state index is 9.94. The van der Waals surface area contributed by atoms with Gasteiger partial charge in [0.15, 0.2) is 0 Å². The zero-order valence-corrected chi connectivity index (χ0v) is 6.63. The maximum absolute atomic E-state index is 9.94. The van der Waals surface area contributed by atoms with Crippen molar-refractivity contribution < 1.29 is 4.79 Å². The van der Waals surface area contributed by atoms with Gasteiger partial charge in [0.2, 0.25) is 0 Å². The first kappa shape index (κ1) is 9.59. The molecule has 0 amide bonds. The number of hydrogen-bond donors (Lipinski definition) is 2. The van der Waals surface area contributed by atoms with Crippen LogP contribution in [0.5, 0.6) is 0 Å². The molecule has 0 spiro atoms. The Labute approximate surface area is 62.0 Å². The highest BCUT2D eigenvalue weighted by Crippen LogP contribution is 1.93. The van der Waals surface area contributed by atoms with Gasteiger partial charge in [-0.3, -0.25) is 5.32 Å². The highest BCUT2D eigenvalue weighted by Gasteiger charge is 2.01. The lowest BCUT2D eigenvalue weighted by atomic mass is 10.2. The molecule has 0 fully saturated rings. The van der Waals surface area contributed by atoms with Crippen molar-refractivity contribution in [2.24, 2.45) is 5.73 Å². The van der Waals surface area contributed by atoms with Crippen LogP contribution in [0.25, 0.3) is 0 Å². The molecule has 0 saturated carbocycles. The van der Waals surface area contributed by atoms with Crippen molar-refractivity contribution in [2.45, 2.75) is 38.9 Å². The molecule has 0 aliphatic heterocycles. The number of carbonyl (C=O) groups excluding carboxylic acids is 1. The fourth-order valence-corrected chi connectivity index (χ4v) is 0.850. The van der Waals surface area contributed by atoms with Gasteiger partial charge < -0.3 is 10.5 Å². The number of rotatable bonds is 5. The number of nitrogens with two attached hydrogens (primary N) is 1. The van der Waals surface area contributed by atoms with E-state index in [2.05, 4.69) is 5.32 Å². The van der Waals surface area contributed by atoms with E-state index in [9.17, 15) is 4.79 Å². The van der Waals surface area contributed by atoms with Gasteiger partial charge in [0.1, 0.15) is 6.29 Å². The standard InChI is InChI=1S/C7H16N2O/c1-6(4-3-5-10)9-7(2)8/h5-7,9H,3-4,8H2,1-2H3. The first-order chi connectivity index (χ1) is 4.66. The lowest BCUT2D eigenvalue weighted by molar-refractivity contribution is -0.108. The highest BCUT2D eigenvalue weighted by molar-refractivity contribution is 5.49. The van der Waals surface area contributed by atoms with Gasteiger partial charge in [0.25, 0.3) is 0 Å². The third-order valence-corrected chi connectivity index (χ3v) is 1.26. The molecule has 10 heavy (non-hydrogen) atoms. The van der Waals surface area contributed by atoms with Crippen molar-refractivity contribution in [3.8, 4) is 0 Å². The quantitative estimate of drug-likeness (QED) is 0.429. The molecule has 3 N–H and O–H groups in total. The monoisotopic (exact) mass is 144 g/mol. The van der Waals surface area contributed by atoms with Crippen molar-refractivity contribution in [1.29, 1.82) is 0 Å². The third-order valence-electron chi connectivity index (χ3n) is 1.26. The summed E-state index contributed by atoms with van der Waals surface area (Å²) in [5.74, 6) is 0. The summed E-state index contributed by atoms with van der Waals surface area (Å²) in [5.41, 5.74) is 5.47. The Kier molecular flexibility index (Phi) is 5.16. The van der Waals surface area contributed by atoms with Crippen molar-refractivity contribution in [3.63, 3.8) is 0 Å². The molecule has 0 heterocycles. The van der Waals surface area contributed by atoms with Crippen LogP contribution in [-0.4, -0.2) is 18.5 Å². The van der Waals surface area contributed by atoms with E-state index < -0.39 is 0 Å². The van der Waals surface area contributed by atoms with Crippen molar-refractivity contribution in [1.82, 2.24) is 5.32 Å². The second-order valence-corrected chi connectivity index (χ2v) is 2.60. The van der Waals surface area contributed by atoms with Gasteiger partial charge >= 0.3 is 0 Å². The van der Waals surface area contributed by atoms with Crippen LogP contribution in [0.3, 0.4) is 0 Å². The minimum atomic E-state index is 0.0154.